The van der Waals surface area contributed by atoms with Gasteiger partial charge in [0.25, 0.3) is 0 Å². The van der Waals surface area contributed by atoms with Gasteiger partial charge in [0.05, 0.1) is 4.90 Å². The topological polar surface area (TPSA) is 54.5 Å². The van der Waals surface area contributed by atoms with Gasteiger partial charge in [-0.15, -0.1) is 0 Å². The van der Waals surface area contributed by atoms with E-state index < -0.39 is 15.5 Å². The summed E-state index contributed by atoms with van der Waals surface area (Å²) in [4.78, 5) is 11.0. The summed E-state index contributed by atoms with van der Waals surface area (Å²) in [5.41, 5.74) is 0.342. The Morgan fingerprint density at radius 3 is 2.53 bits per heavy atom. The first-order chi connectivity index (χ1) is 8.96. The van der Waals surface area contributed by atoms with Crippen molar-refractivity contribution in [2.45, 2.75) is 23.7 Å². The second kappa shape index (κ2) is 5.45. The molecule has 0 aromatic heterocycles. The third-order valence-electron chi connectivity index (χ3n) is 3.02. The van der Waals surface area contributed by atoms with Crippen LogP contribution < -0.4 is 0 Å². The Kier molecular flexibility index (Phi) is 4.08. The zero-order valence-corrected chi connectivity index (χ0v) is 12.0. The van der Waals surface area contributed by atoms with Gasteiger partial charge in [-0.25, -0.2) is 8.42 Å². The molecule has 1 aromatic rings. The van der Waals surface area contributed by atoms with Crippen molar-refractivity contribution < 1.29 is 13.2 Å². The van der Waals surface area contributed by atoms with Gasteiger partial charge >= 0.3 is 0 Å². The van der Waals surface area contributed by atoms with Gasteiger partial charge < -0.3 is 0 Å². The molecule has 1 heterocycles. The number of rotatable bonds is 3. The van der Waals surface area contributed by atoms with Crippen molar-refractivity contribution in [2.24, 2.45) is 0 Å². The van der Waals surface area contributed by atoms with Crippen molar-refractivity contribution in [2.75, 3.05) is 6.54 Å². The highest BCUT2D eigenvalue weighted by Crippen LogP contribution is 2.27. The average molecular weight is 300 g/mol. The second-order valence-electron chi connectivity index (χ2n) is 4.38. The standard InChI is InChI=1S/C13H14ClNO3S/c1-10-4-6-12(7-5-10)19(17,18)15-8-2-3-11(9-16)13(15)14/h3-7,9,13H,2,8H2,1H3. The van der Waals surface area contributed by atoms with Crippen LogP contribution in [-0.2, 0) is 14.8 Å². The largest absolute Gasteiger partial charge is 0.298 e. The summed E-state index contributed by atoms with van der Waals surface area (Å²) in [5, 5.41) is 0. The molecule has 1 unspecified atom stereocenters. The summed E-state index contributed by atoms with van der Waals surface area (Å²) in [6.07, 6.45) is 2.77. The molecule has 0 aliphatic carbocycles. The van der Waals surface area contributed by atoms with Crippen LogP contribution in [0.1, 0.15) is 12.0 Å². The van der Waals surface area contributed by atoms with Gasteiger partial charge in [0.2, 0.25) is 10.0 Å². The van der Waals surface area contributed by atoms with E-state index in [1.165, 1.54) is 0 Å². The molecule has 4 nitrogen and oxygen atoms in total. The van der Waals surface area contributed by atoms with Gasteiger partial charge in [0.15, 0.2) is 0 Å². The summed E-state index contributed by atoms with van der Waals surface area (Å²) in [6, 6.07) is 6.56. The molecule has 6 heteroatoms. The third-order valence-corrected chi connectivity index (χ3v) is 5.50. The average Bonchev–Trinajstić information content (AvgIpc) is 2.39. The number of halogens is 1. The highest BCUT2D eigenvalue weighted by molar-refractivity contribution is 7.89. The molecule has 0 amide bonds. The van der Waals surface area contributed by atoms with Crippen LogP contribution in [0.2, 0.25) is 0 Å². The number of benzene rings is 1. The number of aryl methyl sites for hydroxylation is 1. The molecule has 1 atom stereocenters. The van der Waals surface area contributed by atoms with E-state index in [2.05, 4.69) is 0 Å². The van der Waals surface area contributed by atoms with Crippen LogP contribution in [0.15, 0.2) is 40.8 Å². The summed E-state index contributed by atoms with van der Waals surface area (Å²) in [7, 11) is -3.67. The number of sulfonamides is 1. The van der Waals surface area contributed by atoms with Crippen LogP contribution in [0.25, 0.3) is 0 Å². The summed E-state index contributed by atoms with van der Waals surface area (Å²) < 4.78 is 26.1. The van der Waals surface area contributed by atoms with Crippen molar-refractivity contribution in [3.63, 3.8) is 0 Å². The van der Waals surface area contributed by atoms with Crippen LogP contribution in [0.4, 0.5) is 0 Å². The summed E-state index contributed by atoms with van der Waals surface area (Å²) in [6.45, 7) is 2.16. The number of nitrogens with zero attached hydrogens (tertiary/aromatic N) is 1. The Morgan fingerprint density at radius 2 is 1.95 bits per heavy atom. The number of alkyl halides is 1. The molecule has 0 N–H and O–H groups in total. The zero-order chi connectivity index (χ0) is 14.0. The minimum atomic E-state index is -3.67. The normalized spacial score (nSPS) is 20.9. The van der Waals surface area contributed by atoms with Crippen LogP contribution in [0.3, 0.4) is 0 Å². The predicted molar refractivity (Wildman–Crippen MR) is 73.5 cm³/mol. The molecule has 102 valence electrons. The van der Waals surface area contributed by atoms with Crippen molar-refractivity contribution >= 4 is 27.9 Å². The minimum absolute atomic E-state index is 0.191. The third kappa shape index (κ3) is 2.73. The maximum absolute atomic E-state index is 12.5. The van der Waals surface area contributed by atoms with Gasteiger partial charge in [-0.2, -0.15) is 4.31 Å². The molecule has 2 rings (SSSR count). The van der Waals surface area contributed by atoms with E-state index in [0.29, 0.717) is 18.3 Å². The second-order valence-corrected chi connectivity index (χ2v) is 6.68. The predicted octanol–water partition coefficient (Wildman–Crippen LogP) is 2.08. The maximum atomic E-state index is 12.5. The molecule has 1 aliphatic heterocycles. The number of aldehydes is 1. The van der Waals surface area contributed by atoms with Gasteiger partial charge in [-0.1, -0.05) is 35.4 Å². The lowest BCUT2D eigenvalue weighted by molar-refractivity contribution is -0.105. The van der Waals surface area contributed by atoms with Gasteiger partial charge in [0.1, 0.15) is 11.8 Å². The molecule has 1 aliphatic rings. The quantitative estimate of drug-likeness (QED) is 0.488. The minimum Gasteiger partial charge on any atom is -0.298 e. The van der Waals surface area contributed by atoms with Crippen molar-refractivity contribution in [1.82, 2.24) is 4.31 Å². The lowest BCUT2D eigenvalue weighted by atomic mass is 10.2. The Labute approximate surface area is 117 Å². The monoisotopic (exact) mass is 299 g/mol. The Morgan fingerprint density at radius 1 is 1.32 bits per heavy atom. The molecule has 0 fully saturated rings. The van der Waals surface area contributed by atoms with E-state index in [9.17, 15) is 13.2 Å². The molecule has 0 saturated carbocycles. The molecule has 0 bridgehead atoms. The Bertz CT molecular complexity index is 607. The summed E-state index contributed by atoms with van der Waals surface area (Å²) >= 11 is 6.06. The van der Waals surface area contributed by atoms with E-state index in [1.54, 1.807) is 30.3 Å². The van der Waals surface area contributed by atoms with Crippen LogP contribution in [0.5, 0.6) is 0 Å². The van der Waals surface area contributed by atoms with Crippen molar-refractivity contribution in [3.05, 3.63) is 41.5 Å². The molecular formula is C13H14ClNO3S. The van der Waals surface area contributed by atoms with E-state index >= 15 is 0 Å². The first-order valence-corrected chi connectivity index (χ1v) is 7.72. The lowest BCUT2D eigenvalue weighted by Gasteiger charge is -2.29. The molecule has 0 radical (unpaired) electrons. The smallest absolute Gasteiger partial charge is 0.244 e. The van der Waals surface area contributed by atoms with Crippen molar-refractivity contribution in [1.29, 1.82) is 0 Å². The fourth-order valence-electron chi connectivity index (χ4n) is 1.93. The number of carbonyl (C=O) groups is 1. The highest BCUT2D eigenvalue weighted by Gasteiger charge is 2.33. The Hall–Kier alpha value is -1.17. The number of hydrogen-bond acceptors (Lipinski definition) is 3. The Balaban J connectivity index is 2.38. The fourth-order valence-corrected chi connectivity index (χ4v) is 3.94. The fraction of sp³-hybridized carbons (Fsp3) is 0.308. The van der Waals surface area contributed by atoms with Gasteiger partial charge in [0, 0.05) is 12.1 Å². The SMILES string of the molecule is Cc1ccc(S(=O)(=O)N2CCC=C(C=O)C2Cl)cc1. The molecule has 0 spiro atoms. The number of hydrogen-bond donors (Lipinski definition) is 0. The van der Waals surface area contributed by atoms with E-state index in [-0.39, 0.29) is 11.4 Å². The van der Waals surface area contributed by atoms with Crippen molar-refractivity contribution in [3.8, 4) is 0 Å². The van der Waals surface area contributed by atoms with E-state index in [0.717, 1.165) is 9.87 Å². The van der Waals surface area contributed by atoms with Gasteiger partial charge in [-0.3, -0.25) is 4.79 Å². The first kappa shape index (κ1) is 14.2. The first-order valence-electron chi connectivity index (χ1n) is 5.84. The van der Waals surface area contributed by atoms with Crippen LogP contribution in [0, 0.1) is 6.92 Å². The lowest BCUT2D eigenvalue weighted by Crippen LogP contribution is -2.41. The van der Waals surface area contributed by atoms with Crippen LogP contribution >= 0.6 is 11.6 Å². The maximum Gasteiger partial charge on any atom is 0.244 e. The molecule has 1 aromatic carbocycles. The van der Waals surface area contributed by atoms with E-state index in [1.807, 2.05) is 6.92 Å². The molecular weight excluding hydrogens is 286 g/mol. The van der Waals surface area contributed by atoms with Gasteiger partial charge in [-0.05, 0) is 25.5 Å². The van der Waals surface area contributed by atoms with Crippen LogP contribution in [-0.4, -0.2) is 31.1 Å². The van der Waals surface area contributed by atoms with E-state index in [4.69, 9.17) is 11.6 Å². The molecule has 0 saturated heterocycles. The number of carbonyl (C=O) groups excluding carboxylic acids is 1. The zero-order valence-electron chi connectivity index (χ0n) is 10.4. The summed E-state index contributed by atoms with van der Waals surface area (Å²) in [5.74, 6) is 0. The molecule has 19 heavy (non-hydrogen) atoms. The highest BCUT2D eigenvalue weighted by atomic mass is 35.5.